The summed E-state index contributed by atoms with van der Waals surface area (Å²) < 4.78 is 12.8. The Kier molecular flexibility index (Phi) is 4.70. The average Bonchev–Trinajstić information content (AvgIpc) is 2.56. The van der Waals surface area contributed by atoms with Crippen LogP contribution in [0.4, 0.5) is 4.39 Å². The molecule has 1 N–H and O–H groups in total. The van der Waals surface area contributed by atoms with Crippen molar-refractivity contribution in [3.05, 3.63) is 29.8 Å². The van der Waals surface area contributed by atoms with Crippen LogP contribution in [0.25, 0.3) is 0 Å². The smallest absolute Gasteiger partial charge is 0.141 e. The van der Waals surface area contributed by atoms with Gasteiger partial charge in [0.2, 0.25) is 0 Å². The minimum absolute atomic E-state index is 0.191. The first-order valence-electron chi connectivity index (χ1n) is 7.04. The highest BCUT2D eigenvalue weighted by molar-refractivity contribution is 5.09. The molecular weight excluding hydrogens is 227 g/mol. The van der Waals surface area contributed by atoms with E-state index in [2.05, 4.69) is 24.1 Å². The van der Waals surface area contributed by atoms with Crippen LogP contribution in [0, 0.1) is 11.7 Å². The van der Waals surface area contributed by atoms with Crippen LogP contribution in [0.2, 0.25) is 0 Å². The molecule has 0 radical (unpaired) electrons. The molecule has 0 aliphatic heterocycles. The van der Waals surface area contributed by atoms with Gasteiger partial charge < -0.3 is 5.32 Å². The first-order valence-corrected chi connectivity index (χ1v) is 7.04. The summed E-state index contributed by atoms with van der Waals surface area (Å²) in [5.74, 6) is 0.448. The molecule has 1 aliphatic rings. The molecule has 1 heterocycles. The van der Waals surface area contributed by atoms with Gasteiger partial charge >= 0.3 is 0 Å². The van der Waals surface area contributed by atoms with Crippen LogP contribution in [-0.4, -0.2) is 11.0 Å². The molecule has 18 heavy (non-hydrogen) atoms. The summed E-state index contributed by atoms with van der Waals surface area (Å²) in [6.45, 7) is 4.44. The van der Waals surface area contributed by atoms with E-state index in [9.17, 15) is 4.39 Å². The molecule has 1 saturated carbocycles. The lowest BCUT2D eigenvalue weighted by Gasteiger charge is -2.26. The quantitative estimate of drug-likeness (QED) is 0.824. The Morgan fingerprint density at radius 2 is 2.06 bits per heavy atom. The van der Waals surface area contributed by atoms with Gasteiger partial charge in [-0.1, -0.05) is 26.2 Å². The fraction of sp³-hybridized carbons (Fsp3) is 0.667. The molecule has 0 spiro atoms. The Bertz CT molecular complexity index is 363. The molecule has 0 amide bonds. The number of rotatable bonds is 3. The van der Waals surface area contributed by atoms with E-state index in [-0.39, 0.29) is 11.9 Å². The van der Waals surface area contributed by atoms with E-state index in [1.165, 1.54) is 44.4 Å². The molecule has 0 aromatic carbocycles. The molecule has 0 bridgehead atoms. The Hall–Kier alpha value is -0.960. The van der Waals surface area contributed by atoms with Crippen molar-refractivity contribution in [1.29, 1.82) is 0 Å². The summed E-state index contributed by atoms with van der Waals surface area (Å²) >= 11 is 0. The largest absolute Gasteiger partial charge is 0.306 e. The Morgan fingerprint density at radius 3 is 2.78 bits per heavy atom. The van der Waals surface area contributed by atoms with Gasteiger partial charge in [-0.2, -0.15) is 0 Å². The van der Waals surface area contributed by atoms with Crippen molar-refractivity contribution in [3.8, 4) is 0 Å². The lowest BCUT2D eigenvalue weighted by atomic mass is 9.96. The van der Waals surface area contributed by atoms with E-state index < -0.39 is 0 Å². The topological polar surface area (TPSA) is 24.9 Å². The Labute approximate surface area is 109 Å². The highest BCUT2D eigenvalue weighted by atomic mass is 19.1. The summed E-state index contributed by atoms with van der Waals surface area (Å²) in [4.78, 5) is 4.15. The van der Waals surface area contributed by atoms with E-state index in [1.807, 2.05) is 0 Å². The monoisotopic (exact) mass is 250 g/mol. The third-order valence-corrected chi connectivity index (χ3v) is 4.02. The second-order valence-corrected chi connectivity index (χ2v) is 5.51. The number of halogens is 1. The van der Waals surface area contributed by atoms with E-state index in [0.717, 1.165) is 11.6 Å². The second kappa shape index (κ2) is 6.28. The molecule has 3 heteroatoms. The standard InChI is InChI=1S/C15H23FN2/c1-11-6-4-3-5-7-14(11)18-12(2)15-9-8-13(16)10-17-15/h8-12,14,18H,3-7H2,1-2H3. The first-order chi connectivity index (χ1) is 8.66. The summed E-state index contributed by atoms with van der Waals surface area (Å²) in [6.07, 6.45) is 7.86. The molecule has 1 aromatic heterocycles. The van der Waals surface area contributed by atoms with E-state index >= 15 is 0 Å². The van der Waals surface area contributed by atoms with Crippen molar-refractivity contribution in [1.82, 2.24) is 10.3 Å². The predicted molar refractivity (Wildman–Crippen MR) is 71.8 cm³/mol. The normalized spacial score (nSPS) is 26.6. The van der Waals surface area contributed by atoms with Crippen LogP contribution in [0.3, 0.4) is 0 Å². The fourth-order valence-electron chi connectivity index (χ4n) is 2.79. The van der Waals surface area contributed by atoms with E-state index in [1.54, 1.807) is 6.07 Å². The van der Waals surface area contributed by atoms with Crippen LogP contribution in [0.1, 0.15) is 57.7 Å². The van der Waals surface area contributed by atoms with Gasteiger partial charge in [0.05, 0.1) is 11.9 Å². The molecule has 0 saturated heterocycles. The summed E-state index contributed by atoms with van der Waals surface area (Å²) in [5, 5.41) is 3.66. The Morgan fingerprint density at radius 1 is 1.28 bits per heavy atom. The van der Waals surface area contributed by atoms with Crippen molar-refractivity contribution in [2.45, 2.75) is 58.0 Å². The number of hydrogen-bond donors (Lipinski definition) is 1. The zero-order valence-corrected chi connectivity index (χ0v) is 11.3. The molecule has 2 rings (SSSR count). The molecule has 100 valence electrons. The zero-order valence-electron chi connectivity index (χ0n) is 11.3. The number of nitrogens with one attached hydrogen (secondary N) is 1. The van der Waals surface area contributed by atoms with Gasteiger partial charge in [-0.15, -0.1) is 0 Å². The Balaban J connectivity index is 1.97. The van der Waals surface area contributed by atoms with Gasteiger partial charge in [-0.3, -0.25) is 4.98 Å². The predicted octanol–water partition coefficient (Wildman–Crippen LogP) is 3.84. The summed E-state index contributed by atoms with van der Waals surface area (Å²) in [5.41, 5.74) is 0.924. The lowest BCUT2D eigenvalue weighted by Crippen LogP contribution is -2.36. The molecule has 2 nitrogen and oxygen atoms in total. The molecule has 1 aliphatic carbocycles. The van der Waals surface area contributed by atoms with Crippen molar-refractivity contribution in [2.75, 3.05) is 0 Å². The first kappa shape index (κ1) is 13.5. The minimum atomic E-state index is -0.270. The van der Waals surface area contributed by atoms with Crippen molar-refractivity contribution in [3.63, 3.8) is 0 Å². The van der Waals surface area contributed by atoms with Crippen molar-refractivity contribution >= 4 is 0 Å². The van der Waals surface area contributed by atoms with Crippen molar-refractivity contribution < 1.29 is 4.39 Å². The minimum Gasteiger partial charge on any atom is -0.306 e. The molecule has 1 aromatic rings. The fourth-order valence-corrected chi connectivity index (χ4v) is 2.79. The van der Waals surface area contributed by atoms with Gasteiger partial charge in [-0.05, 0) is 37.8 Å². The molecular formula is C15H23FN2. The number of aromatic nitrogens is 1. The van der Waals surface area contributed by atoms with E-state index in [4.69, 9.17) is 0 Å². The van der Waals surface area contributed by atoms with Gasteiger partial charge in [0, 0.05) is 12.1 Å². The lowest BCUT2D eigenvalue weighted by molar-refractivity contribution is 0.327. The van der Waals surface area contributed by atoms with Crippen LogP contribution >= 0.6 is 0 Å². The third-order valence-electron chi connectivity index (χ3n) is 4.02. The van der Waals surface area contributed by atoms with Gasteiger partial charge in [-0.25, -0.2) is 4.39 Å². The molecule has 3 unspecified atom stereocenters. The highest BCUT2D eigenvalue weighted by Gasteiger charge is 2.21. The summed E-state index contributed by atoms with van der Waals surface area (Å²) in [7, 11) is 0. The number of hydrogen-bond acceptors (Lipinski definition) is 2. The molecule has 1 fully saturated rings. The van der Waals surface area contributed by atoms with Crippen LogP contribution in [0.5, 0.6) is 0 Å². The third kappa shape index (κ3) is 3.52. The van der Waals surface area contributed by atoms with Crippen LogP contribution < -0.4 is 5.32 Å². The van der Waals surface area contributed by atoms with Gasteiger partial charge in [0.15, 0.2) is 0 Å². The zero-order chi connectivity index (χ0) is 13.0. The summed E-state index contributed by atoms with van der Waals surface area (Å²) in [6, 6.07) is 4.01. The van der Waals surface area contributed by atoms with Crippen LogP contribution in [-0.2, 0) is 0 Å². The van der Waals surface area contributed by atoms with Gasteiger partial charge in [0.25, 0.3) is 0 Å². The molecule has 3 atom stereocenters. The SMILES string of the molecule is CC(NC1CCCCCC1C)c1ccc(F)cn1. The maximum Gasteiger partial charge on any atom is 0.141 e. The highest BCUT2D eigenvalue weighted by Crippen LogP contribution is 2.25. The van der Waals surface area contributed by atoms with Crippen molar-refractivity contribution in [2.24, 2.45) is 5.92 Å². The number of nitrogens with zero attached hydrogens (tertiary/aromatic N) is 1. The van der Waals surface area contributed by atoms with Gasteiger partial charge in [0.1, 0.15) is 5.82 Å². The maximum atomic E-state index is 12.8. The average molecular weight is 250 g/mol. The number of pyridine rings is 1. The maximum absolute atomic E-state index is 12.8. The second-order valence-electron chi connectivity index (χ2n) is 5.51. The van der Waals surface area contributed by atoms with E-state index in [0.29, 0.717) is 6.04 Å². The van der Waals surface area contributed by atoms with Crippen LogP contribution in [0.15, 0.2) is 18.3 Å².